The molecular weight excluding hydrogens is 507 g/mol. The van der Waals surface area contributed by atoms with Gasteiger partial charge in [-0.25, -0.2) is 19.3 Å². The Morgan fingerprint density at radius 1 is 1.11 bits per heavy atom. The van der Waals surface area contributed by atoms with E-state index >= 15 is 0 Å². The molecule has 1 saturated heterocycles. The van der Waals surface area contributed by atoms with Gasteiger partial charge < -0.3 is 19.3 Å². The van der Waals surface area contributed by atoms with Crippen LogP contribution in [0.5, 0.6) is 0 Å². The number of rotatable bonds is 5. The van der Waals surface area contributed by atoms with Gasteiger partial charge in [0.15, 0.2) is 10.8 Å². The van der Waals surface area contributed by atoms with Gasteiger partial charge in [0.05, 0.1) is 17.6 Å². The number of thiazole rings is 1. The van der Waals surface area contributed by atoms with Crippen LogP contribution in [0.15, 0.2) is 42.9 Å². The first-order valence-corrected chi connectivity index (χ1v) is 13.3. The lowest BCUT2D eigenvalue weighted by atomic mass is 10.1. The molecule has 0 saturated carbocycles. The van der Waals surface area contributed by atoms with Crippen LogP contribution < -0.4 is 10.2 Å². The number of nitrogens with zero attached hydrogens (tertiary/aromatic N) is 7. The van der Waals surface area contributed by atoms with Crippen LogP contribution in [0.1, 0.15) is 20.9 Å². The Kier molecular flexibility index (Phi) is 6.50. The quantitative estimate of drug-likeness (QED) is 0.420. The normalized spacial score (nSPS) is 16.1. The number of hydrogen-bond acceptors (Lipinski definition) is 8. The molecular formula is C26H27FN8O2S. The number of imidazole rings is 1. The molecule has 10 nitrogen and oxygen atoms in total. The topological polar surface area (TPSA) is 99.5 Å². The summed E-state index contributed by atoms with van der Waals surface area (Å²) < 4.78 is 16.0. The molecule has 38 heavy (non-hydrogen) atoms. The predicted octanol–water partition coefficient (Wildman–Crippen LogP) is 2.62. The van der Waals surface area contributed by atoms with Crippen molar-refractivity contribution in [2.24, 2.45) is 0 Å². The van der Waals surface area contributed by atoms with E-state index in [4.69, 9.17) is 0 Å². The molecule has 2 amide bonds. The smallest absolute Gasteiger partial charge is 0.259 e. The fourth-order valence-corrected chi connectivity index (χ4v) is 6.05. The Bertz CT molecular complexity index is 1510. The molecule has 5 heterocycles. The maximum absolute atomic E-state index is 14.2. The SMILES string of the molecule is CN1CCc2nc(NC(=O)c3cc(F)ccc3N3CCN(C(=O)Cn4cnc5cccnc54)CC3)sc2C1. The molecule has 196 valence electrons. The molecule has 3 aromatic heterocycles. The maximum Gasteiger partial charge on any atom is 0.259 e. The number of carbonyl (C=O) groups excluding carboxylic acids is 2. The van der Waals surface area contributed by atoms with Crippen molar-refractivity contribution in [3.05, 3.63) is 64.8 Å². The summed E-state index contributed by atoms with van der Waals surface area (Å²) in [4.78, 5) is 46.6. The average Bonchev–Trinajstić information content (AvgIpc) is 3.51. The molecule has 0 radical (unpaired) electrons. The third-order valence-electron chi connectivity index (χ3n) is 7.00. The Hall–Kier alpha value is -3.90. The summed E-state index contributed by atoms with van der Waals surface area (Å²) in [6, 6.07) is 7.93. The van der Waals surface area contributed by atoms with E-state index in [9.17, 15) is 14.0 Å². The Labute approximate surface area is 222 Å². The predicted molar refractivity (Wildman–Crippen MR) is 143 cm³/mol. The van der Waals surface area contributed by atoms with E-state index < -0.39 is 11.7 Å². The highest BCUT2D eigenvalue weighted by atomic mass is 32.1. The molecule has 0 unspecified atom stereocenters. The molecule has 6 rings (SSSR count). The number of pyridine rings is 1. The van der Waals surface area contributed by atoms with Gasteiger partial charge in [0.1, 0.15) is 17.9 Å². The molecule has 1 aromatic carbocycles. The van der Waals surface area contributed by atoms with Crippen molar-refractivity contribution >= 4 is 45.1 Å². The van der Waals surface area contributed by atoms with Crippen LogP contribution in [-0.4, -0.2) is 80.9 Å². The largest absolute Gasteiger partial charge is 0.367 e. The first-order valence-electron chi connectivity index (χ1n) is 12.5. The molecule has 4 aromatic rings. The lowest BCUT2D eigenvalue weighted by Gasteiger charge is -2.37. The van der Waals surface area contributed by atoms with Crippen LogP contribution in [0.2, 0.25) is 0 Å². The van der Waals surface area contributed by atoms with Gasteiger partial charge in [-0.05, 0) is 37.4 Å². The number of hydrogen-bond donors (Lipinski definition) is 1. The van der Waals surface area contributed by atoms with Crippen LogP contribution in [-0.2, 0) is 24.3 Å². The van der Waals surface area contributed by atoms with Gasteiger partial charge in [0, 0.05) is 62.5 Å². The average molecular weight is 535 g/mol. The molecule has 12 heteroatoms. The van der Waals surface area contributed by atoms with E-state index in [0.717, 1.165) is 35.6 Å². The summed E-state index contributed by atoms with van der Waals surface area (Å²) in [6.07, 6.45) is 4.16. The number of anilines is 2. The van der Waals surface area contributed by atoms with Crippen molar-refractivity contribution in [3.63, 3.8) is 0 Å². The molecule has 0 spiro atoms. The van der Waals surface area contributed by atoms with Crippen LogP contribution in [0.25, 0.3) is 11.2 Å². The van der Waals surface area contributed by atoms with Gasteiger partial charge in [-0.2, -0.15) is 0 Å². The van der Waals surface area contributed by atoms with Gasteiger partial charge >= 0.3 is 0 Å². The summed E-state index contributed by atoms with van der Waals surface area (Å²) in [6.45, 7) is 3.93. The fraction of sp³-hybridized carbons (Fsp3) is 0.346. The molecule has 2 aliphatic rings. The van der Waals surface area contributed by atoms with Crippen molar-refractivity contribution < 1.29 is 14.0 Å². The Morgan fingerprint density at radius 3 is 2.79 bits per heavy atom. The maximum atomic E-state index is 14.2. The lowest BCUT2D eigenvalue weighted by Crippen LogP contribution is -2.50. The Morgan fingerprint density at radius 2 is 1.95 bits per heavy atom. The zero-order valence-corrected chi connectivity index (χ0v) is 21.7. The van der Waals surface area contributed by atoms with E-state index in [2.05, 4.69) is 32.2 Å². The second-order valence-corrected chi connectivity index (χ2v) is 10.7. The zero-order chi connectivity index (χ0) is 26.2. The van der Waals surface area contributed by atoms with E-state index in [0.29, 0.717) is 42.6 Å². The molecule has 0 bridgehead atoms. The number of likely N-dealkylation sites (N-methyl/N-ethyl adjacent to an activating group) is 1. The number of piperazine rings is 1. The zero-order valence-electron chi connectivity index (χ0n) is 20.9. The summed E-state index contributed by atoms with van der Waals surface area (Å²) in [7, 11) is 2.06. The van der Waals surface area contributed by atoms with Crippen LogP contribution in [0.4, 0.5) is 15.2 Å². The second-order valence-electron chi connectivity index (χ2n) is 9.58. The summed E-state index contributed by atoms with van der Waals surface area (Å²) in [5.74, 6) is -0.893. The number of benzene rings is 1. The Balaban J connectivity index is 1.13. The highest BCUT2D eigenvalue weighted by molar-refractivity contribution is 7.15. The van der Waals surface area contributed by atoms with Crippen molar-refractivity contribution in [1.29, 1.82) is 0 Å². The highest BCUT2D eigenvalue weighted by Gasteiger charge is 2.26. The van der Waals surface area contributed by atoms with Crippen molar-refractivity contribution in [1.82, 2.24) is 29.3 Å². The van der Waals surface area contributed by atoms with Gasteiger partial charge in [-0.15, -0.1) is 11.3 Å². The fourth-order valence-electron chi connectivity index (χ4n) is 4.96. The number of fused-ring (bicyclic) bond motifs is 2. The van der Waals surface area contributed by atoms with Gasteiger partial charge in [0.25, 0.3) is 5.91 Å². The van der Waals surface area contributed by atoms with E-state index in [1.807, 2.05) is 17.0 Å². The van der Waals surface area contributed by atoms with Gasteiger partial charge in [-0.3, -0.25) is 14.9 Å². The van der Waals surface area contributed by atoms with Crippen LogP contribution in [0.3, 0.4) is 0 Å². The number of halogens is 1. The second kappa shape index (κ2) is 10.1. The highest BCUT2D eigenvalue weighted by Crippen LogP contribution is 2.29. The molecule has 2 aliphatic heterocycles. The molecule has 1 N–H and O–H groups in total. The third kappa shape index (κ3) is 4.84. The van der Waals surface area contributed by atoms with Gasteiger partial charge in [-0.1, -0.05) is 0 Å². The lowest BCUT2D eigenvalue weighted by molar-refractivity contribution is -0.132. The molecule has 1 fully saturated rings. The number of amides is 2. The standard InChI is InChI=1S/C26H27FN8O2S/c1-32-8-6-19-22(14-32)38-26(30-19)31-25(37)18-13-17(27)4-5-21(18)33-9-11-34(12-10-33)23(36)15-35-16-29-20-3-2-7-28-24(20)35/h2-5,7,13,16H,6,8-12,14-15H2,1H3,(H,30,31,37). The van der Waals surface area contributed by atoms with Crippen LogP contribution >= 0.6 is 11.3 Å². The molecule has 0 aliphatic carbocycles. The van der Waals surface area contributed by atoms with E-state index in [-0.39, 0.29) is 18.0 Å². The molecule has 0 atom stereocenters. The van der Waals surface area contributed by atoms with Crippen molar-refractivity contribution in [3.8, 4) is 0 Å². The summed E-state index contributed by atoms with van der Waals surface area (Å²) >= 11 is 1.47. The van der Waals surface area contributed by atoms with Gasteiger partial charge in [0.2, 0.25) is 5.91 Å². The van der Waals surface area contributed by atoms with Crippen molar-refractivity contribution in [2.45, 2.75) is 19.5 Å². The first kappa shape index (κ1) is 24.4. The third-order valence-corrected chi connectivity index (χ3v) is 8.00. The van der Waals surface area contributed by atoms with Crippen molar-refractivity contribution in [2.75, 3.05) is 50.0 Å². The summed E-state index contributed by atoms with van der Waals surface area (Å²) in [5, 5.41) is 3.41. The first-order chi connectivity index (χ1) is 18.4. The monoisotopic (exact) mass is 534 g/mol. The van der Waals surface area contributed by atoms with Crippen LogP contribution in [0, 0.1) is 5.82 Å². The minimum absolute atomic E-state index is 0.0231. The number of carbonyl (C=O) groups is 2. The minimum atomic E-state index is -0.478. The van der Waals surface area contributed by atoms with E-state index in [1.165, 1.54) is 23.5 Å². The number of aromatic nitrogens is 4. The summed E-state index contributed by atoms with van der Waals surface area (Å²) in [5.41, 5.74) is 3.34. The minimum Gasteiger partial charge on any atom is -0.367 e. The van der Waals surface area contributed by atoms with E-state index in [1.54, 1.807) is 28.1 Å². The number of nitrogens with one attached hydrogen (secondary N) is 1.